The average Bonchev–Trinajstić information content (AvgIpc) is 2.71. The van der Waals surface area contributed by atoms with E-state index in [4.69, 9.17) is 14.2 Å². The van der Waals surface area contributed by atoms with Gasteiger partial charge in [0, 0.05) is 11.3 Å². The van der Waals surface area contributed by atoms with Crippen LogP contribution in [0.2, 0.25) is 0 Å². The summed E-state index contributed by atoms with van der Waals surface area (Å²) in [4.78, 5) is 35.0. The SMILES string of the molecule is CCCOC(=O)c1cccc(NC(=O)COc2ccc(C=O)cc2OCC)c1. The quantitative estimate of drug-likeness (QED) is 0.497. The highest BCUT2D eigenvalue weighted by Gasteiger charge is 2.11. The van der Waals surface area contributed by atoms with Crippen LogP contribution in [-0.2, 0) is 9.53 Å². The van der Waals surface area contributed by atoms with Crippen LogP contribution in [0.4, 0.5) is 5.69 Å². The van der Waals surface area contributed by atoms with Crippen LogP contribution in [0.1, 0.15) is 41.0 Å². The smallest absolute Gasteiger partial charge is 0.338 e. The van der Waals surface area contributed by atoms with E-state index in [1.54, 1.807) is 42.5 Å². The van der Waals surface area contributed by atoms with Gasteiger partial charge in [0.05, 0.1) is 18.8 Å². The molecule has 0 unspecified atom stereocenters. The van der Waals surface area contributed by atoms with E-state index in [0.29, 0.717) is 47.8 Å². The zero-order chi connectivity index (χ0) is 20.4. The van der Waals surface area contributed by atoms with Crippen molar-refractivity contribution in [2.75, 3.05) is 25.1 Å². The molecule has 0 heterocycles. The van der Waals surface area contributed by atoms with Gasteiger partial charge in [0.25, 0.3) is 5.91 Å². The van der Waals surface area contributed by atoms with Gasteiger partial charge in [-0.25, -0.2) is 4.79 Å². The van der Waals surface area contributed by atoms with E-state index in [1.165, 1.54) is 0 Å². The lowest BCUT2D eigenvalue weighted by Gasteiger charge is -2.12. The molecule has 7 heteroatoms. The summed E-state index contributed by atoms with van der Waals surface area (Å²) in [7, 11) is 0. The molecule has 0 fully saturated rings. The fraction of sp³-hybridized carbons (Fsp3) is 0.286. The maximum absolute atomic E-state index is 12.2. The van der Waals surface area contributed by atoms with Gasteiger partial charge >= 0.3 is 5.97 Å². The molecule has 2 aromatic rings. The molecule has 0 aliphatic rings. The Labute approximate surface area is 163 Å². The fourth-order valence-electron chi connectivity index (χ4n) is 2.33. The Morgan fingerprint density at radius 3 is 2.57 bits per heavy atom. The third-order valence-electron chi connectivity index (χ3n) is 3.58. The molecule has 0 aliphatic heterocycles. The van der Waals surface area contributed by atoms with Crippen molar-refractivity contribution in [1.82, 2.24) is 0 Å². The Balaban J connectivity index is 1.98. The van der Waals surface area contributed by atoms with E-state index >= 15 is 0 Å². The van der Waals surface area contributed by atoms with E-state index in [-0.39, 0.29) is 6.61 Å². The predicted molar refractivity (Wildman–Crippen MR) is 104 cm³/mol. The first-order valence-corrected chi connectivity index (χ1v) is 8.99. The van der Waals surface area contributed by atoms with Crippen molar-refractivity contribution in [3.8, 4) is 11.5 Å². The first-order valence-electron chi connectivity index (χ1n) is 8.99. The minimum atomic E-state index is -0.439. The van der Waals surface area contributed by atoms with Crippen LogP contribution in [0.25, 0.3) is 0 Å². The minimum Gasteiger partial charge on any atom is -0.490 e. The number of esters is 1. The molecular formula is C21H23NO6. The Morgan fingerprint density at radius 1 is 1.04 bits per heavy atom. The Morgan fingerprint density at radius 2 is 1.86 bits per heavy atom. The maximum Gasteiger partial charge on any atom is 0.338 e. The van der Waals surface area contributed by atoms with Gasteiger partial charge in [-0.15, -0.1) is 0 Å². The Kier molecular flexibility index (Phi) is 8.02. The van der Waals surface area contributed by atoms with E-state index in [2.05, 4.69) is 5.32 Å². The van der Waals surface area contributed by atoms with Crippen molar-refractivity contribution in [2.45, 2.75) is 20.3 Å². The third kappa shape index (κ3) is 6.12. The summed E-state index contributed by atoms with van der Waals surface area (Å²) in [5.41, 5.74) is 1.27. The normalized spacial score (nSPS) is 10.1. The van der Waals surface area contributed by atoms with Gasteiger partial charge in [0.15, 0.2) is 18.1 Å². The van der Waals surface area contributed by atoms with Crippen molar-refractivity contribution in [3.63, 3.8) is 0 Å². The maximum atomic E-state index is 12.2. The zero-order valence-corrected chi connectivity index (χ0v) is 15.9. The van der Waals surface area contributed by atoms with E-state index in [0.717, 1.165) is 6.42 Å². The minimum absolute atomic E-state index is 0.259. The number of nitrogens with one attached hydrogen (secondary N) is 1. The predicted octanol–water partition coefficient (Wildman–Crippen LogP) is 3.48. The van der Waals surface area contributed by atoms with Crippen molar-refractivity contribution in [2.24, 2.45) is 0 Å². The highest BCUT2D eigenvalue weighted by atomic mass is 16.5. The number of carbonyl (C=O) groups excluding carboxylic acids is 3. The van der Waals surface area contributed by atoms with Crippen LogP contribution >= 0.6 is 0 Å². The number of anilines is 1. The molecule has 1 amide bonds. The molecule has 0 aromatic heterocycles. The van der Waals surface area contributed by atoms with Crippen molar-refractivity contribution < 1.29 is 28.6 Å². The van der Waals surface area contributed by atoms with E-state index in [1.807, 2.05) is 13.8 Å². The van der Waals surface area contributed by atoms with Crippen LogP contribution in [0, 0.1) is 0 Å². The van der Waals surface area contributed by atoms with Crippen molar-refractivity contribution >= 4 is 23.9 Å². The number of carbonyl (C=O) groups is 3. The summed E-state index contributed by atoms with van der Waals surface area (Å²) in [6.45, 7) is 4.20. The standard InChI is InChI=1S/C21H23NO6/c1-3-10-27-21(25)16-6-5-7-17(12-16)22-20(24)14-28-18-9-8-15(13-23)11-19(18)26-4-2/h5-9,11-13H,3-4,10,14H2,1-2H3,(H,22,24). The van der Waals surface area contributed by atoms with Crippen LogP contribution < -0.4 is 14.8 Å². The summed E-state index contributed by atoms with van der Waals surface area (Å²) in [5.74, 6) is -0.0909. The molecule has 1 N–H and O–H groups in total. The number of hydrogen-bond donors (Lipinski definition) is 1. The van der Waals surface area contributed by atoms with E-state index in [9.17, 15) is 14.4 Å². The second-order valence-electron chi connectivity index (χ2n) is 5.81. The monoisotopic (exact) mass is 385 g/mol. The highest BCUT2D eigenvalue weighted by molar-refractivity contribution is 5.95. The first-order chi connectivity index (χ1) is 13.6. The summed E-state index contributed by atoms with van der Waals surface area (Å²) >= 11 is 0. The highest BCUT2D eigenvalue weighted by Crippen LogP contribution is 2.28. The largest absolute Gasteiger partial charge is 0.490 e. The number of benzene rings is 2. The van der Waals surface area contributed by atoms with Crippen LogP contribution in [-0.4, -0.2) is 38.0 Å². The molecule has 0 bridgehead atoms. The lowest BCUT2D eigenvalue weighted by atomic mass is 10.2. The van der Waals surface area contributed by atoms with Gasteiger partial charge in [-0.2, -0.15) is 0 Å². The van der Waals surface area contributed by atoms with Gasteiger partial charge < -0.3 is 19.5 Å². The Hall–Kier alpha value is -3.35. The topological polar surface area (TPSA) is 90.9 Å². The number of ether oxygens (including phenoxy) is 3. The molecule has 148 valence electrons. The van der Waals surface area contributed by atoms with Gasteiger partial charge in [-0.05, 0) is 49.7 Å². The lowest BCUT2D eigenvalue weighted by Crippen LogP contribution is -2.20. The lowest BCUT2D eigenvalue weighted by molar-refractivity contribution is -0.118. The van der Waals surface area contributed by atoms with Crippen LogP contribution in [0.15, 0.2) is 42.5 Å². The molecule has 0 radical (unpaired) electrons. The molecule has 28 heavy (non-hydrogen) atoms. The molecule has 0 aliphatic carbocycles. The van der Waals surface area contributed by atoms with Gasteiger partial charge in [0.2, 0.25) is 0 Å². The van der Waals surface area contributed by atoms with Gasteiger partial charge in [0.1, 0.15) is 6.29 Å². The molecule has 7 nitrogen and oxygen atoms in total. The number of aldehydes is 1. The van der Waals surface area contributed by atoms with Crippen molar-refractivity contribution in [1.29, 1.82) is 0 Å². The average molecular weight is 385 g/mol. The van der Waals surface area contributed by atoms with E-state index < -0.39 is 11.9 Å². The second-order valence-corrected chi connectivity index (χ2v) is 5.81. The zero-order valence-electron chi connectivity index (χ0n) is 15.9. The third-order valence-corrected chi connectivity index (χ3v) is 3.58. The van der Waals surface area contributed by atoms with Gasteiger partial charge in [-0.3, -0.25) is 9.59 Å². The van der Waals surface area contributed by atoms with Crippen LogP contribution in [0.5, 0.6) is 11.5 Å². The molecule has 0 saturated heterocycles. The Bertz CT molecular complexity index is 833. The molecule has 0 saturated carbocycles. The number of hydrogen-bond acceptors (Lipinski definition) is 6. The summed E-state index contributed by atoms with van der Waals surface area (Å²) in [6.07, 6.45) is 1.44. The summed E-state index contributed by atoms with van der Waals surface area (Å²) in [5, 5.41) is 2.67. The first kappa shape index (κ1) is 21.0. The summed E-state index contributed by atoms with van der Waals surface area (Å²) in [6, 6.07) is 11.2. The molecule has 0 atom stereocenters. The van der Waals surface area contributed by atoms with Gasteiger partial charge in [-0.1, -0.05) is 13.0 Å². The second kappa shape index (κ2) is 10.7. The molecular weight excluding hydrogens is 362 g/mol. The number of rotatable bonds is 10. The summed E-state index contributed by atoms with van der Waals surface area (Å²) < 4.78 is 16.0. The fourth-order valence-corrected chi connectivity index (χ4v) is 2.33. The number of amides is 1. The van der Waals surface area contributed by atoms with Crippen LogP contribution in [0.3, 0.4) is 0 Å². The molecule has 0 spiro atoms. The molecule has 2 aromatic carbocycles. The molecule has 2 rings (SSSR count). The van der Waals surface area contributed by atoms with Crippen molar-refractivity contribution in [3.05, 3.63) is 53.6 Å².